The number of esters is 1. The van der Waals surface area contributed by atoms with E-state index in [1.54, 1.807) is 23.9 Å². The van der Waals surface area contributed by atoms with Crippen molar-refractivity contribution in [2.24, 2.45) is 7.05 Å². The Morgan fingerprint density at radius 3 is 2.47 bits per heavy atom. The molecule has 0 aliphatic carbocycles. The molecule has 0 aliphatic heterocycles. The van der Waals surface area contributed by atoms with Crippen LogP contribution < -0.4 is 5.73 Å². The zero-order valence-corrected chi connectivity index (χ0v) is 11.5. The maximum absolute atomic E-state index is 11.7. The summed E-state index contributed by atoms with van der Waals surface area (Å²) in [5.74, 6) is 0.234. The van der Waals surface area contributed by atoms with Gasteiger partial charge in [-0.1, -0.05) is 6.07 Å². The summed E-state index contributed by atoms with van der Waals surface area (Å²) < 4.78 is 6.39. The van der Waals surface area contributed by atoms with Crippen LogP contribution in [0.25, 0.3) is 11.3 Å². The molecule has 19 heavy (non-hydrogen) atoms. The topological polar surface area (TPSA) is 70.1 Å². The summed E-state index contributed by atoms with van der Waals surface area (Å²) in [5.41, 5.74) is 9.91. The first-order valence-corrected chi connectivity index (χ1v) is 5.93. The normalized spacial score (nSPS) is 10.5. The van der Waals surface area contributed by atoms with E-state index in [1.165, 1.54) is 7.11 Å². The summed E-state index contributed by atoms with van der Waals surface area (Å²) >= 11 is 0. The third-order valence-electron chi connectivity index (χ3n) is 3.17. The summed E-state index contributed by atoms with van der Waals surface area (Å²) in [6, 6.07) is 5.55. The van der Waals surface area contributed by atoms with E-state index in [2.05, 4.69) is 5.10 Å². The zero-order valence-electron chi connectivity index (χ0n) is 11.5. The number of aromatic nitrogens is 2. The quantitative estimate of drug-likeness (QED) is 0.838. The number of benzene rings is 1. The van der Waals surface area contributed by atoms with Gasteiger partial charge in [-0.2, -0.15) is 5.10 Å². The number of rotatable bonds is 2. The van der Waals surface area contributed by atoms with Crippen molar-refractivity contribution in [1.29, 1.82) is 0 Å². The van der Waals surface area contributed by atoms with E-state index in [1.807, 2.05) is 19.9 Å². The highest BCUT2D eigenvalue weighted by molar-refractivity contribution is 5.93. The summed E-state index contributed by atoms with van der Waals surface area (Å²) in [7, 11) is 3.16. The van der Waals surface area contributed by atoms with E-state index < -0.39 is 0 Å². The Hall–Kier alpha value is -2.30. The number of ether oxygens (including phenoxy) is 1. The molecule has 5 nitrogen and oxygen atoms in total. The van der Waals surface area contributed by atoms with Crippen LogP contribution in [0.5, 0.6) is 0 Å². The number of methoxy groups -OCH3 is 1. The first kappa shape index (κ1) is 13.1. The number of nitrogens with zero attached hydrogens (tertiary/aromatic N) is 2. The first-order chi connectivity index (χ1) is 8.93. The van der Waals surface area contributed by atoms with E-state index in [0.717, 1.165) is 22.4 Å². The fourth-order valence-electron chi connectivity index (χ4n) is 2.07. The molecule has 0 unspecified atom stereocenters. The number of hydrogen-bond donors (Lipinski definition) is 1. The van der Waals surface area contributed by atoms with Crippen LogP contribution in [0.2, 0.25) is 0 Å². The minimum Gasteiger partial charge on any atom is -0.465 e. The number of carbonyl (C=O) groups is 1. The van der Waals surface area contributed by atoms with Crippen molar-refractivity contribution in [2.75, 3.05) is 12.8 Å². The standard InChI is InChI=1S/C14H17N3O2/c1-8-5-9(2)11(14(18)19-4)6-10(8)12-7-13(15)17(3)16-12/h5-7H,15H2,1-4H3. The van der Waals surface area contributed by atoms with Gasteiger partial charge in [-0.3, -0.25) is 4.68 Å². The Morgan fingerprint density at radius 1 is 1.26 bits per heavy atom. The molecule has 1 aromatic carbocycles. The third kappa shape index (κ3) is 2.31. The maximum atomic E-state index is 11.7. The second kappa shape index (κ2) is 4.76. The number of anilines is 1. The van der Waals surface area contributed by atoms with Crippen LogP contribution in [0.3, 0.4) is 0 Å². The number of nitrogen functional groups attached to an aromatic ring is 1. The lowest BCUT2D eigenvalue weighted by Gasteiger charge is -2.09. The highest BCUT2D eigenvalue weighted by Crippen LogP contribution is 2.27. The first-order valence-electron chi connectivity index (χ1n) is 5.93. The highest BCUT2D eigenvalue weighted by atomic mass is 16.5. The van der Waals surface area contributed by atoms with Crippen LogP contribution in [0, 0.1) is 13.8 Å². The van der Waals surface area contributed by atoms with Gasteiger partial charge in [0.15, 0.2) is 0 Å². The van der Waals surface area contributed by atoms with E-state index in [-0.39, 0.29) is 5.97 Å². The Balaban J connectivity index is 2.60. The number of carbonyl (C=O) groups excluding carboxylic acids is 1. The molecule has 1 heterocycles. The van der Waals surface area contributed by atoms with Crippen molar-refractivity contribution in [3.63, 3.8) is 0 Å². The molecule has 2 aromatic rings. The molecule has 0 fully saturated rings. The molecule has 2 rings (SSSR count). The fraction of sp³-hybridized carbons (Fsp3) is 0.286. The van der Waals surface area contributed by atoms with Gasteiger partial charge in [0.25, 0.3) is 0 Å². The minimum atomic E-state index is -0.345. The van der Waals surface area contributed by atoms with Crippen molar-refractivity contribution in [2.45, 2.75) is 13.8 Å². The lowest BCUT2D eigenvalue weighted by molar-refractivity contribution is 0.0600. The predicted molar refractivity (Wildman–Crippen MR) is 73.9 cm³/mol. The maximum Gasteiger partial charge on any atom is 0.338 e. The SMILES string of the molecule is COC(=O)c1cc(-c2cc(N)n(C)n2)c(C)cc1C. The Morgan fingerprint density at radius 2 is 1.95 bits per heavy atom. The van der Waals surface area contributed by atoms with Crippen LogP contribution in [0.1, 0.15) is 21.5 Å². The molecule has 0 bridgehead atoms. The third-order valence-corrected chi connectivity index (χ3v) is 3.17. The lowest BCUT2D eigenvalue weighted by Crippen LogP contribution is -2.05. The Labute approximate surface area is 112 Å². The van der Waals surface area contributed by atoms with E-state index in [4.69, 9.17) is 10.5 Å². The Kier molecular flexibility index (Phi) is 3.29. The van der Waals surface area contributed by atoms with Gasteiger partial charge in [-0.05, 0) is 31.0 Å². The van der Waals surface area contributed by atoms with Gasteiger partial charge in [-0.15, -0.1) is 0 Å². The predicted octanol–water partition coefficient (Wildman–Crippen LogP) is 2.07. The summed E-state index contributed by atoms with van der Waals surface area (Å²) in [5, 5.41) is 4.34. The van der Waals surface area contributed by atoms with Gasteiger partial charge in [0.1, 0.15) is 5.82 Å². The van der Waals surface area contributed by atoms with E-state index >= 15 is 0 Å². The van der Waals surface area contributed by atoms with E-state index in [0.29, 0.717) is 11.4 Å². The van der Waals surface area contributed by atoms with Crippen molar-refractivity contribution in [3.05, 3.63) is 34.9 Å². The van der Waals surface area contributed by atoms with Crippen molar-refractivity contribution in [3.8, 4) is 11.3 Å². The van der Waals surface area contributed by atoms with Gasteiger partial charge in [-0.25, -0.2) is 4.79 Å². The van der Waals surface area contributed by atoms with Crippen molar-refractivity contribution >= 4 is 11.8 Å². The smallest absolute Gasteiger partial charge is 0.338 e. The largest absolute Gasteiger partial charge is 0.465 e. The molecule has 0 atom stereocenters. The van der Waals surface area contributed by atoms with Crippen LogP contribution in [0.15, 0.2) is 18.2 Å². The van der Waals surface area contributed by atoms with Gasteiger partial charge < -0.3 is 10.5 Å². The van der Waals surface area contributed by atoms with Gasteiger partial charge in [0, 0.05) is 18.7 Å². The molecular weight excluding hydrogens is 242 g/mol. The summed E-state index contributed by atoms with van der Waals surface area (Å²) in [6.07, 6.45) is 0. The summed E-state index contributed by atoms with van der Waals surface area (Å²) in [6.45, 7) is 3.87. The number of aryl methyl sites for hydroxylation is 3. The molecule has 0 aliphatic rings. The van der Waals surface area contributed by atoms with Gasteiger partial charge in [0.05, 0.1) is 18.4 Å². The van der Waals surface area contributed by atoms with Crippen LogP contribution in [-0.4, -0.2) is 22.9 Å². The molecule has 0 radical (unpaired) electrons. The molecule has 0 saturated heterocycles. The monoisotopic (exact) mass is 259 g/mol. The van der Waals surface area contributed by atoms with E-state index in [9.17, 15) is 4.79 Å². The van der Waals surface area contributed by atoms with Crippen molar-refractivity contribution in [1.82, 2.24) is 9.78 Å². The lowest BCUT2D eigenvalue weighted by atomic mass is 9.98. The van der Waals surface area contributed by atoms with Crippen LogP contribution in [-0.2, 0) is 11.8 Å². The minimum absolute atomic E-state index is 0.345. The number of hydrogen-bond acceptors (Lipinski definition) is 4. The highest BCUT2D eigenvalue weighted by Gasteiger charge is 2.15. The second-order valence-corrected chi connectivity index (χ2v) is 4.55. The van der Waals surface area contributed by atoms with Crippen LogP contribution in [0.4, 0.5) is 5.82 Å². The molecule has 2 N–H and O–H groups in total. The molecule has 5 heteroatoms. The average Bonchev–Trinajstić information content (AvgIpc) is 2.68. The molecule has 100 valence electrons. The summed E-state index contributed by atoms with van der Waals surface area (Å²) in [4.78, 5) is 11.7. The number of nitrogens with two attached hydrogens (primary N) is 1. The molecule has 0 spiro atoms. The second-order valence-electron chi connectivity index (χ2n) is 4.55. The van der Waals surface area contributed by atoms with Gasteiger partial charge >= 0.3 is 5.97 Å². The van der Waals surface area contributed by atoms with Crippen LogP contribution >= 0.6 is 0 Å². The molecule has 1 aromatic heterocycles. The molecular formula is C14H17N3O2. The zero-order chi connectivity index (χ0) is 14.2. The molecule has 0 amide bonds. The molecule has 0 saturated carbocycles. The fourth-order valence-corrected chi connectivity index (χ4v) is 2.07. The Bertz CT molecular complexity index is 625. The van der Waals surface area contributed by atoms with Gasteiger partial charge in [0.2, 0.25) is 0 Å². The van der Waals surface area contributed by atoms with Crippen molar-refractivity contribution < 1.29 is 9.53 Å². The average molecular weight is 259 g/mol.